The number of thiocarbonyl (C=S) groups is 1. The largest absolute Gasteiger partial charge is 0.495 e. The molecule has 31 heavy (non-hydrogen) atoms. The summed E-state index contributed by atoms with van der Waals surface area (Å²) >= 11 is 5.78. The first-order valence-electron chi connectivity index (χ1n) is 10.1. The number of amides is 1. The van der Waals surface area contributed by atoms with Gasteiger partial charge in [0.1, 0.15) is 11.8 Å². The highest BCUT2D eigenvalue weighted by molar-refractivity contribution is 7.80. The molecule has 2 atom stereocenters. The van der Waals surface area contributed by atoms with Gasteiger partial charge in [-0.25, -0.2) is 0 Å². The summed E-state index contributed by atoms with van der Waals surface area (Å²) < 4.78 is 7.63. The van der Waals surface area contributed by atoms with Gasteiger partial charge in [-0.2, -0.15) is 0 Å². The molecule has 2 aromatic heterocycles. The van der Waals surface area contributed by atoms with Crippen LogP contribution in [0.2, 0.25) is 0 Å². The van der Waals surface area contributed by atoms with Crippen LogP contribution in [0.3, 0.4) is 0 Å². The van der Waals surface area contributed by atoms with Crippen molar-refractivity contribution in [3.05, 3.63) is 72.3 Å². The lowest BCUT2D eigenvalue weighted by Crippen LogP contribution is -2.30. The van der Waals surface area contributed by atoms with E-state index in [4.69, 9.17) is 17.0 Å². The molecule has 0 bridgehead atoms. The van der Waals surface area contributed by atoms with Gasteiger partial charge < -0.3 is 24.8 Å². The van der Waals surface area contributed by atoms with Gasteiger partial charge in [-0.3, -0.25) is 9.78 Å². The number of aromatic nitrogens is 2. The predicted octanol–water partition coefficient (Wildman–Crippen LogP) is 4.05. The Kier molecular flexibility index (Phi) is 5.90. The number of hydrogen-bond donors (Lipinski definition) is 2. The first kappa shape index (κ1) is 20.9. The summed E-state index contributed by atoms with van der Waals surface area (Å²) in [6, 6.07) is 15.5. The van der Waals surface area contributed by atoms with Crippen LogP contribution in [0.5, 0.6) is 5.75 Å². The Hall–Kier alpha value is -3.39. The van der Waals surface area contributed by atoms with Crippen LogP contribution >= 0.6 is 12.2 Å². The zero-order valence-corrected chi connectivity index (χ0v) is 18.5. The second-order valence-corrected chi connectivity index (χ2v) is 7.67. The summed E-state index contributed by atoms with van der Waals surface area (Å²) in [4.78, 5) is 18.4. The molecule has 0 saturated carbocycles. The summed E-state index contributed by atoms with van der Waals surface area (Å²) in [6.07, 6.45) is 3.86. The van der Waals surface area contributed by atoms with E-state index in [9.17, 15) is 4.79 Å². The Morgan fingerprint density at radius 2 is 2.10 bits per heavy atom. The molecule has 0 unspecified atom stereocenters. The van der Waals surface area contributed by atoms with Crippen molar-refractivity contribution in [3.63, 3.8) is 0 Å². The number of carbonyl (C=O) groups excluding carboxylic acids is 1. The minimum absolute atomic E-state index is 0.115. The van der Waals surface area contributed by atoms with Gasteiger partial charge in [0.2, 0.25) is 5.91 Å². The molecule has 8 heteroatoms. The van der Waals surface area contributed by atoms with E-state index in [1.165, 1.54) is 6.92 Å². The average molecular weight is 436 g/mol. The average Bonchev–Trinajstić information content (AvgIpc) is 3.37. The number of nitrogens with zero attached hydrogens (tertiary/aromatic N) is 3. The van der Waals surface area contributed by atoms with Crippen LogP contribution in [0.25, 0.3) is 0 Å². The standard InChI is InChI=1S/C23H25N5O2S/c1-4-27-13-7-9-19(27)22-21(17-8-5-6-12-24-17)26-23(31)28(22)16-10-11-20(30-3)18(14-16)25-15(2)29/h5-14,21-22H,4H2,1-3H3,(H,25,29)(H,26,31)/t21-,22+/m0/s1. The summed E-state index contributed by atoms with van der Waals surface area (Å²) in [5.74, 6) is 0.423. The molecular weight excluding hydrogens is 410 g/mol. The summed E-state index contributed by atoms with van der Waals surface area (Å²) in [6.45, 7) is 4.43. The van der Waals surface area contributed by atoms with Crippen LogP contribution in [-0.2, 0) is 11.3 Å². The number of pyridine rings is 1. The van der Waals surface area contributed by atoms with Crippen molar-refractivity contribution in [2.75, 3.05) is 17.3 Å². The van der Waals surface area contributed by atoms with Crippen LogP contribution in [0.1, 0.15) is 37.3 Å². The Balaban J connectivity index is 1.83. The third-order valence-corrected chi connectivity index (χ3v) is 5.69. The number of anilines is 2. The summed E-state index contributed by atoms with van der Waals surface area (Å²) in [5.41, 5.74) is 3.50. The van der Waals surface area contributed by atoms with Gasteiger partial charge in [-0.05, 0) is 61.6 Å². The predicted molar refractivity (Wildman–Crippen MR) is 125 cm³/mol. The maximum absolute atomic E-state index is 11.7. The van der Waals surface area contributed by atoms with Crippen molar-refractivity contribution < 1.29 is 9.53 Å². The van der Waals surface area contributed by atoms with Crippen LogP contribution < -0.4 is 20.3 Å². The third-order valence-electron chi connectivity index (χ3n) is 5.38. The van der Waals surface area contributed by atoms with E-state index >= 15 is 0 Å². The lowest BCUT2D eigenvalue weighted by Gasteiger charge is -2.29. The number of carbonyl (C=O) groups is 1. The molecule has 1 aromatic carbocycles. The fourth-order valence-electron chi connectivity index (χ4n) is 4.05. The second-order valence-electron chi connectivity index (χ2n) is 7.28. The molecule has 160 valence electrons. The second kappa shape index (κ2) is 8.77. The van der Waals surface area contributed by atoms with Crippen molar-refractivity contribution in [2.24, 2.45) is 0 Å². The van der Waals surface area contributed by atoms with Gasteiger partial charge in [0.25, 0.3) is 0 Å². The quantitative estimate of drug-likeness (QED) is 0.570. The molecular formula is C23H25N5O2S. The molecule has 3 aromatic rings. The van der Waals surface area contributed by atoms with Crippen molar-refractivity contribution in [1.82, 2.24) is 14.9 Å². The monoisotopic (exact) mass is 435 g/mol. The van der Waals surface area contributed by atoms with Gasteiger partial charge in [0, 0.05) is 37.2 Å². The Bertz CT molecular complexity index is 1100. The molecule has 3 heterocycles. The third kappa shape index (κ3) is 3.98. The topological polar surface area (TPSA) is 71.4 Å². The molecule has 4 rings (SSSR count). The van der Waals surface area contributed by atoms with Crippen LogP contribution in [-0.4, -0.2) is 27.7 Å². The van der Waals surface area contributed by atoms with Crippen molar-refractivity contribution in [2.45, 2.75) is 32.5 Å². The number of hydrogen-bond acceptors (Lipinski definition) is 4. The number of ether oxygens (including phenoxy) is 1. The van der Waals surface area contributed by atoms with Gasteiger partial charge in [-0.15, -0.1) is 0 Å². The Morgan fingerprint density at radius 1 is 1.26 bits per heavy atom. The molecule has 0 aliphatic carbocycles. The zero-order chi connectivity index (χ0) is 22.0. The van der Waals surface area contributed by atoms with E-state index < -0.39 is 0 Å². The van der Waals surface area contributed by atoms with E-state index in [2.05, 4.69) is 44.3 Å². The normalized spacial score (nSPS) is 18.0. The molecule has 1 amide bonds. The summed E-state index contributed by atoms with van der Waals surface area (Å²) in [5, 5.41) is 6.91. The minimum atomic E-state index is -0.166. The summed E-state index contributed by atoms with van der Waals surface area (Å²) in [7, 11) is 1.58. The fourth-order valence-corrected chi connectivity index (χ4v) is 4.40. The number of benzene rings is 1. The van der Waals surface area contributed by atoms with Crippen molar-refractivity contribution in [1.29, 1.82) is 0 Å². The lowest BCUT2D eigenvalue weighted by molar-refractivity contribution is -0.114. The maximum atomic E-state index is 11.7. The highest BCUT2D eigenvalue weighted by atomic mass is 32.1. The van der Waals surface area contributed by atoms with Gasteiger partial charge in [-0.1, -0.05) is 6.07 Å². The molecule has 0 radical (unpaired) electrons. The molecule has 2 N–H and O–H groups in total. The number of rotatable bonds is 6. The van der Waals surface area contributed by atoms with Crippen LogP contribution in [0.4, 0.5) is 11.4 Å². The first-order chi connectivity index (χ1) is 15.0. The van der Waals surface area contributed by atoms with Crippen molar-refractivity contribution >= 4 is 34.6 Å². The van der Waals surface area contributed by atoms with Crippen LogP contribution in [0, 0.1) is 0 Å². The van der Waals surface area contributed by atoms with Gasteiger partial charge in [0.15, 0.2) is 5.11 Å². The van der Waals surface area contributed by atoms with Gasteiger partial charge >= 0.3 is 0 Å². The maximum Gasteiger partial charge on any atom is 0.221 e. The molecule has 0 spiro atoms. The molecule has 1 saturated heterocycles. The first-order valence-corrected chi connectivity index (χ1v) is 10.6. The number of methoxy groups -OCH3 is 1. The minimum Gasteiger partial charge on any atom is -0.495 e. The van der Waals surface area contributed by atoms with E-state index in [0.717, 1.165) is 23.6 Å². The van der Waals surface area contributed by atoms with E-state index in [1.807, 2.05) is 42.5 Å². The zero-order valence-electron chi connectivity index (χ0n) is 17.7. The molecule has 1 aliphatic rings. The van der Waals surface area contributed by atoms with E-state index in [-0.39, 0.29) is 18.0 Å². The SMILES string of the molecule is CCn1cccc1[C@@H]1[C@H](c2ccccn2)NC(=S)N1c1ccc(OC)c(NC(C)=O)c1. The van der Waals surface area contributed by atoms with Crippen LogP contribution in [0.15, 0.2) is 60.9 Å². The lowest BCUT2D eigenvalue weighted by atomic mass is 10.0. The molecule has 7 nitrogen and oxygen atoms in total. The Labute approximate surface area is 187 Å². The van der Waals surface area contributed by atoms with Crippen molar-refractivity contribution in [3.8, 4) is 5.75 Å². The van der Waals surface area contributed by atoms with E-state index in [1.54, 1.807) is 13.3 Å². The van der Waals surface area contributed by atoms with Gasteiger partial charge in [0.05, 0.1) is 24.5 Å². The molecule has 1 aliphatic heterocycles. The smallest absolute Gasteiger partial charge is 0.221 e. The molecule has 1 fully saturated rings. The fraction of sp³-hybridized carbons (Fsp3) is 0.261. The highest BCUT2D eigenvalue weighted by Crippen LogP contribution is 2.43. The highest BCUT2D eigenvalue weighted by Gasteiger charge is 2.42. The Morgan fingerprint density at radius 3 is 2.77 bits per heavy atom. The number of aryl methyl sites for hydroxylation is 1. The number of nitrogens with one attached hydrogen (secondary N) is 2. The van der Waals surface area contributed by atoms with E-state index in [0.29, 0.717) is 16.5 Å².